The number of methoxy groups -OCH3 is 3. The second-order valence-corrected chi connectivity index (χ2v) is 10.9. The molecule has 10 heteroatoms. The van der Waals surface area contributed by atoms with Crippen LogP contribution in [-0.4, -0.2) is 32.4 Å². The quantitative estimate of drug-likeness (QED) is 0.289. The molecule has 3 aromatic carbocycles. The fourth-order valence-corrected chi connectivity index (χ4v) is 6.97. The number of benzene rings is 3. The Kier molecular flexibility index (Phi) is 7.91. The lowest BCUT2D eigenvalue weighted by Crippen LogP contribution is -2.22. The average molecular weight is 572 g/mol. The lowest BCUT2D eigenvalue weighted by molar-refractivity contribution is 0.103. The van der Waals surface area contributed by atoms with E-state index in [9.17, 15) is 14.2 Å². The third-order valence-electron chi connectivity index (χ3n) is 4.86. The maximum Gasteiger partial charge on any atom is 0.249 e. The van der Waals surface area contributed by atoms with E-state index in [1.54, 1.807) is 24.3 Å². The van der Waals surface area contributed by atoms with Crippen LogP contribution in [0, 0.1) is 0 Å². The summed E-state index contributed by atoms with van der Waals surface area (Å²) in [7, 11) is -0.588. The van der Waals surface area contributed by atoms with Crippen LogP contribution in [0.1, 0.15) is 20.7 Å². The van der Waals surface area contributed by atoms with Crippen LogP contribution in [0.2, 0.25) is 10.0 Å². The normalized spacial score (nSPS) is 12.5. The van der Waals surface area contributed by atoms with Crippen LogP contribution < -0.4 is 19.5 Å². The highest BCUT2D eigenvalue weighted by Gasteiger charge is 2.47. The van der Waals surface area contributed by atoms with Crippen molar-refractivity contribution in [1.82, 2.24) is 0 Å². The van der Waals surface area contributed by atoms with Crippen LogP contribution in [0.4, 0.5) is 0 Å². The molecule has 1 atom stereocenters. The fourth-order valence-electron chi connectivity index (χ4n) is 3.34. The van der Waals surface area contributed by atoms with Crippen molar-refractivity contribution in [3.63, 3.8) is 0 Å². The molecule has 0 saturated carbocycles. The van der Waals surface area contributed by atoms with Gasteiger partial charge in [0.2, 0.25) is 18.2 Å². The van der Waals surface area contributed by atoms with E-state index in [1.165, 1.54) is 51.7 Å². The number of carbonyl (C=O) groups is 2. The Bertz CT molecular complexity index is 1250. The summed E-state index contributed by atoms with van der Waals surface area (Å²) in [4.78, 5) is 27.9. The minimum Gasteiger partial charge on any atom is -0.496 e. The van der Waals surface area contributed by atoms with Gasteiger partial charge >= 0.3 is 0 Å². The first-order chi connectivity index (χ1) is 15.7. The van der Waals surface area contributed by atoms with Crippen LogP contribution in [0.5, 0.6) is 17.2 Å². The molecule has 0 spiro atoms. The Morgan fingerprint density at radius 1 is 0.788 bits per heavy atom. The van der Waals surface area contributed by atoms with Crippen LogP contribution in [-0.2, 0) is 4.57 Å². The summed E-state index contributed by atoms with van der Waals surface area (Å²) in [6.07, 6.45) is 0. The number of carbonyl (C=O) groups excluding carboxylic acids is 2. The number of rotatable bonds is 8. The van der Waals surface area contributed by atoms with E-state index in [1.807, 2.05) is 0 Å². The zero-order chi connectivity index (χ0) is 24.3. The Balaban J connectivity index is 2.40. The largest absolute Gasteiger partial charge is 0.496 e. The summed E-state index contributed by atoms with van der Waals surface area (Å²) >= 11 is 15.9. The van der Waals surface area contributed by atoms with Crippen LogP contribution in [0.3, 0.4) is 0 Å². The molecule has 0 aliphatic rings. The molecule has 3 rings (SSSR count). The van der Waals surface area contributed by atoms with E-state index in [0.29, 0.717) is 4.47 Å². The second kappa shape index (κ2) is 10.3. The highest BCUT2D eigenvalue weighted by Crippen LogP contribution is 2.56. The number of hydrogen-bond acceptors (Lipinski definition) is 6. The standard InChI is InChI=1S/C23H18BrCl2O6P/c1-30-17-11-7-10-15(25)18(17)22(27)33(29,13-8-5-4-6-9-13)23(28)19-20(31-2)14(24)12-16(26)21(19)32-3/h4-12H,1-3H3. The van der Waals surface area contributed by atoms with Gasteiger partial charge in [-0.25, -0.2) is 0 Å². The summed E-state index contributed by atoms with van der Waals surface area (Å²) < 4.78 is 30.9. The van der Waals surface area contributed by atoms with Crippen molar-refractivity contribution in [2.24, 2.45) is 0 Å². The Morgan fingerprint density at radius 3 is 1.97 bits per heavy atom. The van der Waals surface area contributed by atoms with E-state index in [-0.39, 0.29) is 43.7 Å². The van der Waals surface area contributed by atoms with E-state index >= 15 is 0 Å². The summed E-state index contributed by atoms with van der Waals surface area (Å²) in [5, 5.41) is 0.0765. The van der Waals surface area contributed by atoms with Gasteiger partial charge in [-0.15, -0.1) is 0 Å². The molecule has 0 aromatic heterocycles. The topological polar surface area (TPSA) is 78.9 Å². The van der Waals surface area contributed by atoms with Crippen molar-refractivity contribution >= 4 is 62.6 Å². The molecule has 33 heavy (non-hydrogen) atoms. The molecule has 3 aromatic rings. The van der Waals surface area contributed by atoms with Crippen LogP contribution in [0.25, 0.3) is 0 Å². The first-order valence-electron chi connectivity index (χ1n) is 9.40. The third-order valence-corrected chi connectivity index (χ3v) is 8.67. The van der Waals surface area contributed by atoms with Gasteiger partial charge in [0.1, 0.15) is 17.1 Å². The molecule has 0 saturated heterocycles. The second-order valence-electron chi connectivity index (χ2n) is 6.65. The summed E-state index contributed by atoms with van der Waals surface area (Å²) in [5.41, 5.74) is -2.40. The first-order valence-corrected chi connectivity index (χ1v) is 12.7. The Morgan fingerprint density at radius 2 is 1.39 bits per heavy atom. The molecule has 0 aliphatic heterocycles. The monoisotopic (exact) mass is 570 g/mol. The highest BCUT2D eigenvalue weighted by molar-refractivity contribution is 9.10. The zero-order valence-electron chi connectivity index (χ0n) is 17.7. The average Bonchev–Trinajstić information content (AvgIpc) is 2.82. The van der Waals surface area contributed by atoms with Crippen molar-refractivity contribution in [3.8, 4) is 17.2 Å². The minimum atomic E-state index is -4.57. The van der Waals surface area contributed by atoms with E-state index in [4.69, 9.17) is 37.4 Å². The summed E-state index contributed by atoms with van der Waals surface area (Å²) in [6, 6.07) is 13.7. The lowest BCUT2D eigenvalue weighted by Gasteiger charge is -2.21. The Hall–Kier alpha value is -2.31. The van der Waals surface area contributed by atoms with Gasteiger partial charge in [-0.3, -0.25) is 9.59 Å². The molecule has 0 amide bonds. The maximum atomic E-state index is 14.6. The smallest absolute Gasteiger partial charge is 0.249 e. The molecule has 172 valence electrons. The molecular formula is C23H18BrCl2O6P. The highest BCUT2D eigenvalue weighted by atomic mass is 79.9. The summed E-state index contributed by atoms with van der Waals surface area (Å²) in [6.45, 7) is 0. The maximum absolute atomic E-state index is 14.6. The van der Waals surface area contributed by atoms with Gasteiger partial charge in [0.15, 0.2) is 5.75 Å². The molecule has 0 aliphatic carbocycles. The van der Waals surface area contributed by atoms with Crippen molar-refractivity contribution in [2.75, 3.05) is 21.3 Å². The summed E-state index contributed by atoms with van der Waals surface area (Å²) in [5.74, 6) is 0.0378. The van der Waals surface area contributed by atoms with Crippen molar-refractivity contribution < 1.29 is 28.4 Å². The SMILES string of the molecule is COc1cccc(Cl)c1C(=O)P(=O)(C(=O)c1c(OC)c(Cl)cc(Br)c1OC)c1ccccc1. The molecule has 1 unspecified atom stereocenters. The van der Waals surface area contributed by atoms with E-state index < -0.39 is 18.2 Å². The van der Waals surface area contributed by atoms with Gasteiger partial charge in [0, 0.05) is 5.30 Å². The van der Waals surface area contributed by atoms with Gasteiger partial charge in [0.05, 0.1) is 41.4 Å². The third kappa shape index (κ3) is 4.43. The van der Waals surface area contributed by atoms with E-state index in [2.05, 4.69) is 15.9 Å². The van der Waals surface area contributed by atoms with Crippen LogP contribution >= 0.6 is 46.3 Å². The van der Waals surface area contributed by atoms with Gasteiger partial charge in [-0.2, -0.15) is 0 Å². The number of ether oxygens (including phenoxy) is 3. The zero-order valence-corrected chi connectivity index (χ0v) is 21.7. The van der Waals surface area contributed by atoms with Crippen molar-refractivity contribution in [1.29, 1.82) is 0 Å². The fraction of sp³-hybridized carbons (Fsp3) is 0.130. The number of halogens is 3. The predicted molar refractivity (Wildman–Crippen MR) is 133 cm³/mol. The lowest BCUT2D eigenvalue weighted by atomic mass is 10.2. The molecule has 0 radical (unpaired) electrons. The Labute approximate surface area is 209 Å². The molecule has 0 N–H and O–H groups in total. The predicted octanol–water partition coefficient (Wildman–Crippen LogP) is 6.45. The van der Waals surface area contributed by atoms with Crippen molar-refractivity contribution in [2.45, 2.75) is 0 Å². The minimum absolute atomic E-state index is 0.00508. The van der Waals surface area contributed by atoms with Gasteiger partial charge in [0.25, 0.3) is 0 Å². The van der Waals surface area contributed by atoms with Crippen LogP contribution in [0.15, 0.2) is 59.1 Å². The molecule has 0 bridgehead atoms. The van der Waals surface area contributed by atoms with Gasteiger partial charge in [-0.05, 0) is 34.1 Å². The molecule has 6 nitrogen and oxygen atoms in total. The molecular weight excluding hydrogens is 554 g/mol. The molecule has 0 heterocycles. The number of hydrogen-bond donors (Lipinski definition) is 0. The molecule has 0 fully saturated rings. The first kappa shape index (κ1) is 25.3. The van der Waals surface area contributed by atoms with Crippen molar-refractivity contribution in [3.05, 3.63) is 80.2 Å². The van der Waals surface area contributed by atoms with E-state index in [0.717, 1.165) is 0 Å². The van der Waals surface area contributed by atoms with Gasteiger partial charge in [-0.1, -0.05) is 59.6 Å². The van der Waals surface area contributed by atoms with Gasteiger partial charge < -0.3 is 18.8 Å².